The number of pyridine rings is 1. The van der Waals surface area contributed by atoms with E-state index in [9.17, 15) is 19.7 Å². The van der Waals surface area contributed by atoms with Crippen LogP contribution in [0.5, 0.6) is 0 Å². The molecule has 0 unspecified atom stereocenters. The van der Waals surface area contributed by atoms with E-state index in [0.717, 1.165) is 39.8 Å². The van der Waals surface area contributed by atoms with Gasteiger partial charge in [0.2, 0.25) is 0 Å². The van der Waals surface area contributed by atoms with Crippen molar-refractivity contribution in [3.05, 3.63) is 97.7 Å². The zero-order chi connectivity index (χ0) is 19.6. The molecule has 0 N–H and O–H groups in total. The van der Waals surface area contributed by atoms with Crippen molar-refractivity contribution in [2.75, 3.05) is 0 Å². The zero-order valence-electron chi connectivity index (χ0n) is 15.1. The lowest BCUT2D eigenvalue weighted by molar-refractivity contribution is -0.385. The first-order valence-corrected chi connectivity index (χ1v) is 8.45. The zero-order valence-corrected chi connectivity index (χ0v) is 15.1. The van der Waals surface area contributed by atoms with E-state index >= 15 is 0 Å². The minimum absolute atomic E-state index is 0.225. The molecule has 0 aliphatic rings. The average Bonchev–Trinajstić information content (AvgIpc) is 2.92. The molecule has 0 bridgehead atoms. The SMILES string of the molecule is Cc1cc(C(=O)Cn2cc([N+](=O)[O-])ccc2=O)c(C)n1Cc1ccccc1. The van der Waals surface area contributed by atoms with E-state index in [1.807, 2.05) is 48.7 Å². The summed E-state index contributed by atoms with van der Waals surface area (Å²) in [6.45, 7) is 4.18. The van der Waals surface area contributed by atoms with Gasteiger partial charge in [0.05, 0.1) is 17.7 Å². The van der Waals surface area contributed by atoms with Crippen LogP contribution in [0.15, 0.2) is 59.5 Å². The van der Waals surface area contributed by atoms with E-state index in [1.165, 1.54) is 0 Å². The number of nitro groups is 1. The molecule has 138 valence electrons. The van der Waals surface area contributed by atoms with Crippen LogP contribution in [0.1, 0.15) is 27.3 Å². The molecular weight excluding hydrogens is 346 g/mol. The van der Waals surface area contributed by atoms with Gasteiger partial charge >= 0.3 is 0 Å². The van der Waals surface area contributed by atoms with E-state index in [4.69, 9.17) is 0 Å². The van der Waals surface area contributed by atoms with Crippen LogP contribution in [0.25, 0.3) is 0 Å². The van der Waals surface area contributed by atoms with Gasteiger partial charge in [-0.05, 0) is 25.5 Å². The molecule has 0 fully saturated rings. The van der Waals surface area contributed by atoms with Gasteiger partial charge in [-0.15, -0.1) is 0 Å². The summed E-state index contributed by atoms with van der Waals surface area (Å²) in [4.78, 5) is 35.0. The Morgan fingerprint density at radius 3 is 2.48 bits per heavy atom. The highest BCUT2D eigenvalue weighted by Gasteiger charge is 2.18. The van der Waals surface area contributed by atoms with E-state index < -0.39 is 10.5 Å². The number of benzene rings is 1. The fourth-order valence-electron chi connectivity index (χ4n) is 3.08. The smallest absolute Gasteiger partial charge is 0.285 e. The fourth-order valence-corrected chi connectivity index (χ4v) is 3.08. The predicted octanol–water partition coefficient (Wildman–Crippen LogP) is 3.11. The van der Waals surface area contributed by atoms with E-state index in [2.05, 4.69) is 0 Å². The molecule has 0 amide bonds. The standard InChI is InChI=1S/C20H19N3O4/c1-14-10-18(15(2)22(14)11-16-6-4-3-5-7-16)19(24)13-21-12-17(23(26)27)8-9-20(21)25/h3-10,12H,11,13H2,1-2H3. The summed E-state index contributed by atoms with van der Waals surface area (Å²) in [5.74, 6) is -0.259. The van der Waals surface area contributed by atoms with Crippen molar-refractivity contribution in [2.24, 2.45) is 0 Å². The van der Waals surface area contributed by atoms with Crippen molar-refractivity contribution in [3.63, 3.8) is 0 Å². The Balaban J connectivity index is 1.88. The topological polar surface area (TPSA) is 87.1 Å². The second-order valence-corrected chi connectivity index (χ2v) is 6.39. The highest BCUT2D eigenvalue weighted by molar-refractivity contribution is 5.97. The van der Waals surface area contributed by atoms with Crippen LogP contribution in [0.4, 0.5) is 5.69 Å². The minimum atomic E-state index is -0.591. The summed E-state index contributed by atoms with van der Waals surface area (Å²) < 4.78 is 3.11. The molecule has 0 atom stereocenters. The maximum absolute atomic E-state index is 12.7. The molecule has 0 saturated heterocycles. The van der Waals surface area contributed by atoms with Gasteiger partial charge in [-0.25, -0.2) is 0 Å². The number of nitrogens with zero attached hydrogens (tertiary/aromatic N) is 3. The Kier molecular flexibility index (Phi) is 5.03. The summed E-state index contributed by atoms with van der Waals surface area (Å²) in [5, 5.41) is 10.9. The van der Waals surface area contributed by atoms with Gasteiger partial charge in [0.1, 0.15) is 0 Å². The third-order valence-corrected chi connectivity index (χ3v) is 4.55. The van der Waals surface area contributed by atoms with Crippen molar-refractivity contribution in [1.82, 2.24) is 9.13 Å². The minimum Gasteiger partial charge on any atom is -0.344 e. The Hall–Kier alpha value is -3.48. The van der Waals surface area contributed by atoms with Crippen LogP contribution in [0.3, 0.4) is 0 Å². The monoisotopic (exact) mass is 365 g/mol. The third kappa shape index (κ3) is 3.87. The molecule has 27 heavy (non-hydrogen) atoms. The number of aromatic nitrogens is 2. The van der Waals surface area contributed by atoms with Crippen molar-refractivity contribution in [3.8, 4) is 0 Å². The van der Waals surface area contributed by atoms with Gasteiger partial charge < -0.3 is 9.13 Å². The highest BCUT2D eigenvalue weighted by Crippen LogP contribution is 2.18. The second kappa shape index (κ2) is 7.41. The van der Waals surface area contributed by atoms with Gasteiger partial charge in [-0.2, -0.15) is 0 Å². The van der Waals surface area contributed by atoms with E-state index in [-0.39, 0.29) is 18.0 Å². The van der Waals surface area contributed by atoms with Crippen LogP contribution in [0.2, 0.25) is 0 Å². The third-order valence-electron chi connectivity index (χ3n) is 4.55. The molecule has 1 aromatic carbocycles. The number of ketones is 1. The molecule has 7 nitrogen and oxygen atoms in total. The molecule has 2 heterocycles. The lowest BCUT2D eigenvalue weighted by atomic mass is 10.1. The lowest BCUT2D eigenvalue weighted by Crippen LogP contribution is -2.23. The number of carbonyl (C=O) groups excluding carboxylic acids is 1. The van der Waals surface area contributed by atoms with Crippen LogP contribution >= 0.6 is 0 Å². The Labute approximate surface area is 155 Å². The molecule has 0 radical (unpaired) electrons. The van der Waals surface area contributed by atoms with Crippen molar-refractivity contribution in [2.45, 2.75) is 26.9 Å². The Bertz CT molecular complexity index is 1060. The summed E-state index contributed by atoms with van der Waals surface area (Å²) >= 11 is 0. The second-order valence-electron chi connectivity index (χ2n) is 6.39. The number of aryl methyl sites for hydroxylation is 1. The van der Waals surface area contributed by atoms with E-state index in [1.54, 1.807) is 6.07 Å². The van der Waals surface area contributed by atoms with Gasteiger partial charge in [0.25, 0.3) is 11.2 Å². The molecule has 3 aromatic rings. The van der Waals surface area contributed by atoms with Crippen LogP contribution < -0.4 is 5.56 Å². The van der Waals surface area contributed by atoms with E-state index in [0.29, 0.717) is 12.1 Å². The highest BCUT2D eigenvalue weighted by atomic mass is 16.6. The molecule has 2 aromatic heterocycles. The first-order chi connectivity index (χ1) is 12.9. The average molecular weight is 365 g/mol. The molecule has 7 heteroatoms. The Morgan fingerprint density at radius 2 is 1.81 bits per heavy atom. The fraction of sp³-hybridized carbons (Fsp3) is 0.200. The van der Waals surface area contributed by atoms with Gasteiger partial charge in [0, 0.05) is 35.6 Å². The number of hydrogen-bond donors (Lipinski definition) is 0. The summed E-state index contributed by atoms with van der Waals surface area (Å²) in [7, 11) is 0. The number of carbonyl (C=O) groups is 1. The first-order valence-electron chi connectivity index (χ1n) is 8.45. The number of rotatable bonds is 6. The normalized spacial score (nSPS) is 10.7. The molecule has 0 saturated carbocycles. The quantitative estimate of drug-likeness (QED) is 0.381. The van der Waals surface area contributed by atoms with Crippen LogP contribution in [0, 0.1) is 24.0 Å². The number of Topliss-reactive ketones (excluding diaryl/α,β-unsaturated/α-hetero) is 1. The summed E-state index contributed by atoms with van der Waals surface area (Å²) in [6.07, 6.45) is 1.10. The molecule has 0 aliphatic carbocycles. The van der Waals surface area contributed by atoms with Gasteiger partial charge in [-0.1, -0.05) is 30.3 Å². The maximum Gasteiger partial charge on any atom is 0.285 e. The Morgan fingerprint density at radius 1 is 1.11 bits per heavy atom. The van der Waals surface area contributed by atoms with Crippen LogP contribution in [-0.2, 0) is 13.1 Å². The maximum atomic E-state index is 12.7. The first kappa shape index (κ1) is 18.3. The number of hydrogen-bond acceptors (Lipinski definition) is 4. The molecule has 0 spiro atoms. The van der Waals surface area contributed by atoms with Crippen LogP contribution in [-0.4, -0.2) is 19.8 Å². The molecule has 3 rings (SSSR count). The largest absolute Gasteiger partial charge is 0.344 e. The van der Waals surface area contributed by atoms with Gasteiger partial charge in [-0.3, -0.25) is 19.7 Å². The van der Waals surface area contributed by atoms with Gasteiger partial charge in [0.15, 0.2) is 5.78 Å². The molecular formula is C20H19N3O4. The lowest BCUT2D eigenvalue weighted by Gasteiger charge is -2.10. The van der Waals surface area contributed by atoms with Crippen molar-refractivity contribution in [1.29, 1.82) is 0 Å². The summed E-state index contributed by atoms with van der Waals surface area (Å²) in [5.41, 5.74) is 2.70. The molecule has 0 aliphatic heterocycles. The van der Waals surface area contributed by atoms with Crippen molar-refractivity contribution < 1.29 is 9.72 Å². The predicted molar refractivity (Wildman–Crippen MR) is 101 cm³/mol. The van der Waals surface area contributed by atoms with Crippen molar-refractivity contribution >= 4 is 11.5 Å². The summed E-state index contributed by atoms with van der Waals surface area (Å²) in [6, 6.07) is 13.9.